The fourth-order valence-corrected chi connectivity index (χ4v) is 2.93. The Balaban J connectivity index is 1.68. The third-order valence-electron chi connectivity index (χ3n) is 3.75. The summed E-state index contributed by atoms with van der Waals surface area (Å²) in [4.78, 5) is 15.6. The fourth-order valence-electron chi connectivity index (χ4n) is 2.73. The van der Waals surface area contributed by atoms with Crippen molar-refractivity contribution in [1.82, 2.24) is 15.1 Å². The van der Waals surface area contributed by atoms with Crippen LogP contribution < -0.4 is 5.32 Å². The van der Waals surface area contributed by atoms with Gasteiger partial charge in [0.25, 0.3) is 0 Å². The third kappa shape index (κ3) is 2.48. The van der Waals surface area contributed by atoms with Gasteiger partial charge in [-0.15, -0.1) is 0 Å². The summed E-state index contributed by atoms with van der Waals surface area (Å²) in [6, 6.07) is 5.37. The number of aromatic hydroxyl groups is 1. The molecule has 0 bridgehead atoms. The van der Waals surface area contributed by atoms with Crippen molar-refractivity contribution in [1.29, 1.82) is 0 Å². The maximum Gasteiger partial charge on any atom is 0.317 e. The molecule has 2 amide bonds. The molecular weight excluding hydrogens is 266 g/mol. The number of phenolic OH excluding ortho intramolecular Hbond substituents is 1. The van der Waals surface area contributed by atoms with Gasteiger partial charge in [-0.1, -0.05) is 11.6 Å². The van der Waals surface area contributed by atoms with Crippen LogP contribution in [0.2, 0.25) is 5.02 Å². The highest BCUT2D eigenvalue weighted by molar-refractivity contribution is 6.30. The molecule has 1 aromatic carbocycles. The van der Waals surface area contributed by atoms with Crippen molar-refractivity contribution in [2.24, 2.45) is 0 Å². The van der Waals surface area contributed by atoms with Gasteiger partial charge in [-0.3, -0.25) is 4.90 Å². The van der Waals surface area contributed by atoms with Gasteiger partial charge in [0.15, 0.2) is 0 Å². The number of carbonyl (C=O) groups excluding carboxylic acids is 1. The van der Waals surface area contributed by atoms with Crippen molar-refractivity contribution >= 4 is 17.6 Å². The van der Waals surface area contributed by atoms with Gasteiger partial charge in [0.1, 0.15) is 5.75 Å². The molecule has 0 spiro atoms. The zero-order valence-corrected chi connectivity index (χ0v) is 11.2. The van der Waals surface area contributed by atoms with Crippen LogP contribution in [0.4, 0.5) is 4.79 Å². The molecule has 1 unspecified atom stereocenters. The molecule has 102 valence electrons. The topological polar surface area (TPSA) is 55.8 Å². The van der Waals surface area contributed by atoms with Gasteiger partial charge >= 0.3 is 6.03 Å². The summed E-state index contributed by atoms with van der Waals surface area (Å²) in [7, 11) is 0. The van der Waals surface area contributed by atoms with Crippen LogP contribution in [0.3, 0.4) is 0 Å². The number of benzene rings is 1. The number of rotatable bonds is 2. The Morgan fingerprint density at radius 2 is 2.26 bits per heavy atom. The lowest BCUT2D eigenvalue weighted by Gasteiger charge is -2.36. The molecule has 2 aliphatic rings. The molecule has 1 atom stereocenters. The molecule has 0 saturated carbocycles. The Morgan fingerprint density at radius 3 is 3.11 bits per heavy atom. The Labute approximate surface area is 116 Å². The summed E-state index contributed by atoms with van der Waals surface area (Å²) in [5.41, 5.74) is 0.832. The number of halogens is 1. The second kappa shape index (κ2) is 4.90. The van der Waals surface area contributed by atoms with Crippen LogP contribution in [-0.2, 0) is 6.54 Å². The second-order valence-corrected chi connectivity index (χ2v) is 5.48. The first-order chi connectivity index (χ1) is 9.13. The van der Waals surface area contributed by atoms with E-state index in [1.165, 1.54) is 0 Å². The Hall–Kier alpha value is -1.46. The van der Waals surface area contributed by atoms with E-state index in [4.69, 9.17) is 11.6 Å². The first-order valence-electron chi connectivity index (χ1n) is 6.38. The lowest BCUT2D eigenvalue weighted by molar-refractivity contribution is 0.116. The largest absolute Gasteiger partial charge is 0.508 e. The first kappa shape index (κ1) is 12.6. The first-order valence-corrected chi connectivity index (χ1v) is 6.75. The normalized spacial score (nSPS) is 23.3. The molecule has 2 saturated heterocycles. The van der Waals surface area contributed by atoms with E-state index >= 15 is 0 Å². The summed E-state index contributed by atoms with van der Waals surface area (Å²) >= 11 is 5.95. The van der Waals surface area contributed by atoms with Crippen molar-refractivity contribution in [3.8, 4) is 5.75 Å². The molecule has 2 aliphatic heterocycles. The highest BCUT2D eigenvalue weighted by atomic mass is 35.5. The third-order valence-corrected chi connectivity index (χ3v) is 3.99. The number of fused-ring (bicyclic) bond motifs is 1. The Morgan fingerprint density at radius 1 is 1.42 bits per heavy atom. The van der Waals surface area contributed by atoms with Crippen LogP contribution in [0.1, 0.15) is 5.56 Å². The number of urea groups is 1. The van der Waals surface area contributed by atoms with Crippen molar-refractivity contribution in [3.05, 3.63) is 28.8 Å². The quantitative estimate of drug-likeness (QED) is 0.858. The summed E-state index contributed by atoms with van der Waals surface area (Å²) in [6.45, 7) is 3.74. The molecule has 2 N–H and O–H groups in total. The zero-order chi connectivity index (χ0) is 13.4. The van der Waals surface area contributed by atoms with Crippen LogP contribution in [0.5, 0.6) is 5.75 Å². The van der Waals surface area contributed by atoms with Gasteiger partial charge in [0.05, 0.1) is 6.04 Å². The summed E-state index contributed by atoms with van der Waals surface area (Å²) in [6.07, 6.45) is 0. The van der Waals surface area contributed by atoms with E-state index in [9.17, 15) is 9.90 Å². The standard InChI is InChI=1S/C13H16ClN3O2/c14-10-1-2-12(18)9(5-10)7-16-3-4-17-11(8-16)6-15-13(17)19/h1-2,5,11,18H,3-4,6-8H2,(H,15,19). The molecule has 3 rings (SSSR count). The van der Waals surface area contributed by atoms with Crippen LogP contribution >= 0.6 is 11.6 Å². The van der Waals surface area contributed by atoms with E-state index < -0.39 is 0 Å². The molecular formula is C13H16ClN3O2. The number of carbonyl (C=O) groups is 1. The summed E-state index contributed by atoms with van der Waals surface area (Å²) in [5.74, 6) is 0.271. The number of nitrogens with one attached hydrogen (secondary N) is 1. The molecule has 19 heavy (non-hydrogen) atoms. The fraction of sp³-hybridized carbons (Fsp3) is 0.462. The van der Waals surface area contributed by atoms with E-state index in [1.54, 1.807) is 18.2 Å². The lowest BCUT2D eigenvalue weighted by atomic mass is 10.1. The smallest absolute Gasteiger partial charge is 0.317 e. The molecule has 0 radical (unpaired) electrons. The van der Waals surface area contributed by atoms with E-state index in [0.717, 1.165) is 25.2 Å². The van der Waals surface area contributed by atoms with E-state index in [-0.39, 0.29) is 17.8 Å². The highest BCUT2D eigenvalue weighted by Crippen LogP contribution is 2.24. The minimum Gasteiger partial charge on any atom is -0.508 e. The monoisotopic (exact) mass is 281 g/mol. The minimum absolute atomic E-state index is 0.0373. The van der Waals surface area contributed by atoms with Crippen LogP contribution in [0, 0.1) is 0 Å². The van der Waals surface area contributed by atoms with Gasteiger partial charge in [0.2, 0.25) is 0 Å². The zero-order valence-electron chi connectivity index (χ0n) is 10.5. The average Bonchev–Trinajstić information content (AvgIpc) is 2.75. The maximum atomic E-state index is 11.5. The minimum atomic E-state index is 0.0373. The Bertz CT molecular complexity index is 509. The van der Waals surface area contributed by atoms with Crippen molar-refractivity contribution in [2.45, 2.75) is 12.6 Å². The predicted octanol–water partition coefficient (Wildman–Crippen LogP) is 1.25. The van der Waals surface area contributed by atoms with Crippen molar-refractivity contribution < 1.29 is 9.90 Å². The number of nitrogens with zero attached hydrogens (tertiary/aromatic N) is 2. The number of amides is 2. The van der Waals surface area contributed by atoms with Gasteiger partial charge in [-0.25, -0.2) is 4.79 Å². The SMILES string of the molecule is O=C1NCC2CN(Cc3cc(Cl)ccc3O)CCN12. The highest BCUT2D eigenvalue weighted by Gasteiger charge is 2.35. The van der Waals surface area contributed by atoms with E-state index in [1.807, 2.05) is 4.90 Å². The summed E-state index contributed by atoms with van der Waals surface area (Å²) < 4.78 is 0. The molecule has 1 aromatic rings. The van der Waals surface area contributed by atoms with Gasteiger partial charge in [-0.05, 0) is 18.2 Å². The molecule has 2 heterocycles. The van der Waals surface area contributed by atoms with Crippen molar-refractivity contribution in [2.75, 3.05) is 26.2 Å². The lowest BCUT2D eigenvalue weighted by Crippen LogP contribution is -2.51. The van der Waals surface area contributed by atoms with E-state index in [0.29, 0.717) is 18.1 Å². The molecule has 2 fully saturated rings. The number of hydrogen-bond acceptors (Lipinski definition) is 3. The van der Waals surface area contributed by atoms with Gasteiger partial charge in [-0.2, -0.15) is 0 Å². The average molecular weight is 282 g/mol. The van der Waals surface area contributed by atoms with Crippen LogP contribution in [0.15, 0.2) is 18.2 Å². The molecule has 0 aromatic heterocycles. The van der Waals surface area contributed by atoms with Crippen LogP contribution in [0.25, 0.3) is 0 Å². The number of phenols is 1. The predicted molar refractivity (Wildman–Crippen MR) is 72.3 cm³/mol. The molecule has 5 nitrogen and oxygen atoms in total. The second-order valence-electron chi connectivity index (χ2n) is 5.04. The Kier molecular flexibility index (Phi) is 3.24. The van der Waals surface area contributed by atoms with Crippen LogP contribution in [-0.4, -0.2) is 53.2 Å². The van der Waals surface area contributed by atoms with Crippen molar-refractivity contribution in [3.63, 3.8) is 0 Å². The number of piperazine rings is 1. The molecule has 6 heteroatoms. The summed E-state index contributed by atoms with van der Waals surface area (Å²) in [5, 5.41) is 13.3. The molecule has 0 aliphatic carbocycles. The van der Waals surface area contributed by atoms with E-state index in [2.05, 4.69) is 10.2 Å². The van der Waals surface area contributed by atoms with Gasteiger partial charge < -0.3 is 15.3 Å². The maximum absolute atomic E-state index is 11.5. The number of hydrogen-bond donors (Lipinski definition) is 2. The van der Waals surface area contributed by atoms with Gasteiger partial charge in [0, 0.05) is 43.3 Å².